The number of hydrogen-bond acceptors (Lipinski definition) is 3. The summed E-state index contributed by atoms with van der Waals surface area (Å²) in [6.07, 6.45) is 0. The fourth-order valence-electron chi connectivity index (χ4n) is 2.72. The molecule has 0 heterocycles. The molecule has 0 unspecified atom stereocenters. The molecule has 0 aromatic heterocycles. The van der Waals surface area contributed by atoms with E-state index in [1.54, 1.807) is 30.3 Å². The molecule has 4 nitrogen and oxygen atoms in total. The molecule has 7 heteroatoms. The van der Waals surface area contributed by atoms with E-state index in [1.165, 1.54) is 5.56 Å². The molecular weight excluding hydrogens is 534 g/mol. The Bertz CT molecular complexity index is 1060. The summed E-state index contributed by atoms with van der Waals surface area (Å²) in [5, 5.41) is 3.36. The van der Waals surface area contributed by atoms with Crippen LogP contribution in [-0.2, 0) is 6.61 Å². The molecule has 0 aliphatic rings. The van der Waals surface area contributed by atoms with Crippen molar-refractivity contribution in [2.75, 3.05) is 11.9 Å². The van der Waals surface area contributed by atoms with Crippen LogP contribution in [0.5, 0.6) is 11.5 Å². The molecule has 3 rings (SSSR count). The molecule has 0 saturated heterocycles. The van der Waals surface area contributed by atoms with Gasteiger partial charge in [0.25, 0.3) is 5.91 Å². The molecule has 30 heavy (non-hydrogen) atoms. The van der Waals surface area contributed by atoms with Crippen molar-refractivity contribution in [1.82, 2.24) is 0 Å². The predicted molar refractivity (Wildman–Crippen MR) is 128 cm³/mol. The van der Waals surface area contributed by atoms with Crippen molar-refractivity contribution in [2.45, 2.75) is 20.5 Å². The predicted octanol–water partition coefficient (Wildman–Crippen LogP) is 7.40. The first-order chi connectivity index (χ1) is 14.4. The molecule has 0 fully saturated rings. The van der Waals surface area contributed by atoms with Crippen LogP contribution in [0.4, 0.5) is 5.69 Å². The second kappa shape index (κ2) is 10.3. The summed E-state index contributed by atoms with van der Waals surface area (Å²) < 4.78 is 13.1. The number of anilines is 1. The molecular formula is C23H20Br2ClNO3. The molecule has 0 spiro atoms. The first-order valence-corrected chi connectivity index (χ1v) is 11.2. The fraction of sp³-hybridized carbons (Fsp3) is 0.174. The number of carbonyl (C=O) groups excluding carboxylic acids is 1. The minimum atomic E-state index is -0.278. The van der Waals surface area contributed by atoms with Crippen LogP contribution < -0.4 is 14.8 Å². The zero-order valence-corrected chi connectivity index (χ0v) is 20.4. The molecule has 0 saturated carbocycles. The number of carbonyl (C=O) groups is 1. The topological polar surface area (TPSA) is 47.6 Å². The Morgan fingerprint density at radius 3 is 2.40 bits per heavy atom. The van der Waals surface area contributed by atoms with Gasteiger partial charge in [-0.3, -0.25) is 4.79 Å². The first kappa shape index (κ1) is 22.7. The van der Waals surface area contributed by atoms with Crippen molar-refractivity contribution in [3.63, 3.8) is 0 Å². The van der Waals surface area contributed by atoms with Gasteiger partial charge < -0.3 is 14.8 Å². The molecule has 0 aliphatic carbocycles. The number of halogens is 3. The Morgan fingerprint density at radius 2 is 1.73 bits per heavy atom. The summed E-state index contributed by atoms with van der Waals surface area (Å²) in [7, 11) is 0. The number of ether oxygens (including phenoxy) is 2. The largest absolute Gasteiger partial charge is 0.490 e. The van der Waals surface area contributed by atoms with Gasteiger partial charge in [-0.25, -0.2) is 0 Å². The summed E-state index contributed by atoms with van der Waals surface area (Å²) in [5.41, 5.74) is 3.27. The zero-order chi connectivity index (χ0) is 21.7. The van der Waals surface area contributed by atoms with Crippen LogP contribution in [0.25, 0.3) is 0 Å². The number of benzene rings is 3. The van der Waals surface area contributed by atoms with Gasteiger partial charge in [-0.15, -0.1) is 0 Å². The summed E-state index contributed by atoms with van der Waals surface area (Å²) in [6, 6.07) is 16.7. The van der Waals surface area contributed by atoms with Gasteiger partial charge in [-0.1, -0.05) is 41.4 Å². The quantitative estimate of drug-likeness (QED) is 0.332. The minimum Gasteiger partial charge on any atom is -0.490 e. The highest BCUT2D eigenvalue weighted by Crippen LogP contribution is 2.38. The molecule has 0 bridgehead atoms. The Hall–Kier alpha value is -2.02. The second-order valence-corrected chi connectivity index (χ2v) is 8.69. The Kier molecular flexibility index (Phi) is 7.81. The maximum absolute atomic E-state index is 12.8. The van der Waals surface area contributed by atoms with Gasteiger partial charge in [-0.05, 0) is 81.6 Å². The van der Waals surface area contributed by atoms with Gasteiger partial charge in [0.15, 0.2) is 11.5 Å². The lowest BCUT2D eigenvalue weighted by molar-refractivity contribution is 0.102. The van der Waals surface area contributed by atoms with E-state index in [1.807, 2.05) is 38.1 Å². The molecule has 156 valence electrons. The molecule has 3 aromatic carbocycles. The standard InChI is InChI=1S/C23H20Br2ClNO3/c1-3-29-21-11-16(23(28)27-17-8-9-18(24)20(26)12-17)10-19(25)22(21)30-13-15-6-4-14(2)5-7-15/h4-12H,3,13H2,1-2H3,(H,27,28). The molecule has 1 amide bonds. The third-order valence-corrected chi connectivity index (χ3v) is 6.07. The maximum Gasteiger partial charge on any atom is 0.255 e. The van der Waals surface area contributed by atoms with Crippen molar-refractivity contribution in [3.8, 4) is 11.5 Å². The lowest BCUT2D eigenvalue weighted by atomic mass is 10.1. The summed E-state index contributed by atoms with van der Waals surface area (Å²) in [5.74, 6) is 0.777. The third-order valence-electron chi connectivity index (χ3n) is 4.25. The SMILES string of the molecule is CCOc1cc(C(=O)Nc2ccc(Br)c(Cl)c2)cc(Br)c1OCc1ccc(C)cc1. The molecule has 1 N–H and O–H groups in total. The lowest BCUT2D eigenvalue weighted by Crippen LogP contribution is -2.13. The molecule has 3 aromatic rings. The first-order valence-electron chi connectivity index (χ1n) is 9.28. The number of hydrogen-bond donors (Lipinski definition) is 1. The number of rotatable bonds is 7. The third kappa shape index (κ3) is 5.78. The maximum atomic E-state index is 12.8. The average Bonchev–Trinajstić information content (AvgIpc) is 2.71. The monoisotopic (exact) mass is 551 g/mol. The van der Waals surface area contributed by atoms with Gasteiger partial charge in [-0.2, -0.15) is 0 Å². The molecule has 0 atom stereocenters. The number of nitrogens with one attached hydrogen (secondary N) is 1. The van der Waals surface area contributed by atoms with Crippen LogP contribution >= 0.6 is 43.5 Å². The zero-order valence-electron chi connectivity index (χ0n) is 16.5. The van der Waals surface area contributed by atoms with E-state index in [0.29, 0.717) is 45.5 Å². The van der Waals surface area contributed by atoms with Crippen molar-refractivity contribution in [1.29, 1.82) is 0 Å². The van der Waals surface area contributed by atoms with Crippen molar-refractivity contribution < 1.29 is 14.3 Å². The summed E-state index contributed by atoms with van der Waals surface area (Å²) in [4.78, 5) is 12.8. The fourth-order valence-corrected chi connectivity index (χ4v) is 3.70. The van der Waals surface area contributed by atoms with Crippen LogP contribution in [0.1, 0.15) is 28.4 Å². The van der Waals surface area contributed by atoms with E-state index in [-0.39, 0.29) is 5.91 Å². The van der Waals surface area contributed by atoms with E-state index in [9.17, 15) is 4.79 Å². The van der Waals surface area contributed by atoms with E-state index < -0.39 is 0 Å². The Balaban J connectivity index is 1.81. The highest BCUT2D eigenvalue weighted by molar-refractivity contribution is 9.10. The van der Waals surface area contributed by atoms with Crippen molar-refractivity contribution >= 4 is 55.1 Å². The number of aryl methyl sites for hydroxylation is 1. The average molecular weight is 554 g/mol. The molecule has 0 aliphatic heterocycles. The second-order valence-electron chi connectivity index (χ2n) is 6.58. The van der Waals surface area contributed by atoms with Gasteiger partial charge in [0.1, 0.15) is 6.61 Å². The highest BCUT2D eigenvalue weighted by Gasteiger charge is 2.17. The van der Waals surface area contributed by atoms with Crippen molar-refractivity contribution in [3.05, 3.63) is 85.3 Å². The lowest BCUT2D eigenvalue weighted by Gasteiger charge is -2.16. The van der Waals surface area contributed by atoms with Gasteiger partial charge in [0.05, 0.1) is 16.1 Å². The Labute approximate surface area is 197 Å². The van der Waals surface area contributed by atoms with E-state index in [2.05, 4.69) is 37.2 Å². The Morgan fingerprint density at radius 1 is 1.00 bits per heavy atom. The smallest absolute Gasteiger partial charge is 0.255 e. The van der Waals surface area contributed by atoms with Crippen LogP contribution in [0, 0.1) is 6.92 Å². The van der Waals surface area contributed by atoms with Crippen molar-refractivity contribution in [2.24, 2.45) is 0 Å². The summed E-state index contributed by atoms with van der Waals surface area (Å²) >= 11 is 13.0. The van der Waals surface area contributed by atoms with E-state index >= 15 is 0 Å². The molecule has 0 radical (unpaired) electrons. The van der Waals surface area contributed by atoms with Gasteiger partial charge in [0, 0.05) is 15.7 Å². The van der Waals surface area contributed by atoms with E-state index in [4.69, 9.17) is 21.1 Å². The highest BCUT2D eigenvalue weighted by atomic mass is 79.9. The minimum absolute atomic E-state index is 0.278. The van der Waals surface area contributed by atoms with Gasteiger partial charge in [0.2, 0.25) is 0 Å². The van der Waals surface area contributed by atoms with Crippen LogP contribution in [-0.4, -0.2) is 12.5 Å². The van der Waals surface area contributed by atoms with Crippen LogP contribution in [0.3, 0.4) is 0 Å². The normalized spacial score (nSPS) is 10.6. The van der Waals surface area contributed by atoms with Crippen LogP contribution in [0.2, 0.25) is 5.02 Å². The van der Waals surface area contributed by atoms with E-state index in [0.717, 1.165) is 10.0 Å². The number of amides is 1. The van der Waals surface area contributed by atoms with Crippen LogP contribution in [0.15, 0.2) is 63.5 Å². The summed E-state index contributed by atoms with van der Waals surface area (Å²) in [6.45, 7) is 4.76. The van der Waals surface area contributed by atoms with Gasteiger partial charge >= 0.3 is 0 Å².